The van der Waals surface area contributed by atoms with Crippen LogP contribution in [0.2, 0.25) is 0 Å². The summed E-state index contributed by atoms with van der Waals surface area (Å²) >= 11 is 0. The van der Waals surface area contributed by atoms with E-state index in [-0.39, 0.29) is 72.2 Å². The highest BCUT2D eigenvalue weighted by molar-refractivity contribution is 5.98. The van der Waals surface area contributed by atoms with Crippen LogP contribution in [0.4, 0.5) is 13.6 Å². The molecular formula is C55H68F2N8O8. The molecule has 0 unspecified atom stereocenters. The van der Waals surface area contributed by atoms with Crippen molar-refractivity contribution in [1.82, 2.24) is 40.0 Å². The van der Waals surface area contributed by atoms with Crippen molar-refractivity contribution in [2.75, 3.05) is 72.0 Å². The first-order chi connectivity index (χ1) is 35.1. The minimum absolute atomic E-state index is 0.0134. The van der Waals surface area contributed by atoms with Gasteiger partial charge in [0.15, 0.2) is 0 Å². The largest absolute Gasteiger partial charge is 0.444 e. The molecule has 4 aromatic rings. The summed E-state index contributed by atoms with van der Waals surface area (Å²) in [5.41, 5.74) is 0.980. The number of ether oxygens (including phenoxy) is 2. The molecule has 1 aliphatic carbocycles. The number of benzene rings is 3. The Hall–Kier alpha value is -6.27. The lowest BCUT2D eigenvalue weighted by molar-refractivity contribution is -0.140. The second-order valence-corrected chi connectivity index (χ2v) is 21.5. The normalized spacial score (nSPS) is 19.4. The number of hydrogen-bond donors (Lipinski definition) is 2. The zero-order chi connectivity index (χ0) is 51.4. The van der Waals surface area contributed by atoms with Crippen molar-refractivity contribution in [2.45, 2.75) is 115 Å². The van der Waals surface area contributed by atoms with Gasteiger partial charge in [-0.1, -0.05) is 49.6 Å². The molecule has 1 atom stereocenters. The molecule has 9 rings (SSSR count). The first kappa shape index (κ1) is 51.6. The number of carbonyl (C=O) groups is 5. The lowest BCUT2D eigenvalue weighted by Gasteiger charge is -2.40. The van der Waals surface area contributed by atoms with Crippen molar-refractivity contribution in [2.24, 2.45) is 5.92 Å². The standard InChI is InChI=1S/C55H68F2N8O8/c1-55(2,3)73-54(71)65-32-38(33-65)37-14-16-45(56)43(31-37)50(67)58-49(36-9-5-4-6-10-36)53(70)63-23-19-40(20-24-63)72-39-17-21-61(22-18-39)34-48(66)62-25-27-64(28-26-62)52(69)44-29-35(13-15-46(44)57)30-47-41-11-7-8-12-42(41)51(68)60-59-47/h7-8,11-16,29,31,36,38-40,49H,4-6,9-10,17-28,30,32-34H2,1-3H3,(H,58,67)(H,60,68)/t49-/m1/s1. The molecule has 4 aliphatic heterocycles. The Labute approximate surface area is 424 Å². The number of aromatic amines is 1. The van der Waals surface area contributed by atoms with Gasteiger partial charge in [0.2, 0.25) is 11.8 Å². The van der Waals surface area contributed by atoms with Gasteiger partial charge < -0.3 is 34.4 Å². The maximum atomic E-state index is 15.3. The van der Waals surface area contributed by atoms with Gasteiger partial charge in [0, 0.05) is 83.2 Å². The summed E-state index contributed by atoms with van der Waals surface area (Å²) in [6, 6.07) is 15.3. The monoisotopic (exact) mass is 1010 g/mol. The number of piperidine rings is 2. The molecule has 1 aromatic heterocycles. The Morgan fingerprint density at radius 2 is 1.36 bits per heavy atom. The van der Waals surface area contributed by atoms with Gasteiger partial charge in [0.1, 0.15) is 23.3 Å². The molecule has 73 heavy (non-hydrogen) atoms. The number of amides is 5. The van der Waals surface area contributed by atoms with Crippen molar-refractivity contribution in [3.63, 3.8) is 0 Å². The van der Waals surface area contributed by atoms with E-state index < -0.39 is 41.2 Å². The van der Waals surface area contributed by atoms with Crippen LogP contribution >= 0.6 is 0 Å². The maximum Gasteiger partial charge on any atom is 0.410 e. The average Bonchev–Trinajstić information content (AvgIpc) is 3.37. The molecule has 3 aromatic carbocycles. The van der Waals surface area contributed by atoms with E-state index in [0.717, 1.165) is 50.5 Å². The van der Waals surface area contributed by atoms with Crippen molar-refractivity contribution >= 4 is 40.5 Å². The molecular weight excluding hydrogens is 939 g/mol. The van der Waals surface area contributed by atoms with Crippen molar-refractivity contribution in [3.05, 3.63) is 111 Å². The number of halogens is 2. The summed E-state index contributed by atoms with van der Waals surface area (Å²) in [5, 5.41) is 10.9. The van der Waals surface area contributed by atoms with Crippen LogP contribution in [0.3, 0.4) is 0 Å². The number of piperazine rings is 1. The van der Waals surface area contributed by atoms with Gasteiger partial charge in [-0.05, 0) is 107 Å². The predicted octanol–water partition coefficient (Wildman–Crippen LogP) is 6.26. The van der Waals surface area contributed by atoms with Gasteiger partial charge in [-0.15, -0.1) is 0 Å². The summed E-state index contributed by atoms with van der Waals surface area (Å²) < 4.78 is 42.5. The van der Waals surface area contributed by atoms with E-state index in [1.807, 2.05) is 37.8 Å². The molecule has 390 valence electrons. The molecule has 5 amide bonds. The minimum Gasteiger partial charge on any atom is -0.444 e. The third-order valence-corrected chi connectivity index (χ3v) is 15.3. The van der Waals surface area contributed by atoms with E-state index in [1.54, 1.807) is 51.1 Å². The Morgan fingerprint density at radius 1 is 0.726 bits per heavy atom. The predicted molar refractivity (Wildman–Crippen MR) is 269 cm³/mol. The van der Waals surface area contributed by atoms with E-state index in [9.17, 15) is 28.8 Å². The highest BCUT2D eigenvalue weighted by Gasteiger charge is 2.39. The lowest BCUT2D eigenvalue weighted by atomic mass is 9.83. The van der Waals surface area contributed by atoms with Crippen LogP contribution in [0.15, 0.2) is 65.5 Å². The Balaban J connectivity index is 0.707. The first-order valence-electron chi connectivity index (χ1n) is 26.1. The zero-order valence-corrected chi connectivity index (χ0v) is 42.2. The molecule has 18 heteroatoms. The number of likely N-dealkylation sites (tertiary alicyclic amines) is 3. The summed E-state index contributed by atoms with van der Waals surface area (Å²) in [6.45, 7) is 10.1. The van der Waals surface area contributed by atoms with Gasteiger partial charge in [0.25, 0.3) is 17.4 Å². The number of hydrogen-bond acceptors (Lipinski definition) is 10. The molecule has 1 saturated carbocycles. The highest BCUT2D eigenvalue weighted by Crippen LogP contribution is 2.32. The first-order valence-corrected chi connectivity index (χ1v) is 26.1. The number of fused-ring (bicyclic) bond motifs is 1. The lowest BCUT2D eigenvalue weighted by Crippen LogP contribution is -2.55. The molecule has 0 spiro atoms. The Morgan fingerprint density at radius 3 is 2.04 bits per heavy atom. The molecule has 5 fully saturated rings. The minimum atomic E-state index is -0.771. The molecule has 16 nitrogen and oxygen atoms in total. The fourth-order valence-electron chi connectivity index (χ4n) is 11.1. The summed E-state index contributed by atoms with van der Waals surface area (Å²) in [6.07, 6.45) is 7.36. The number of nitrogens with zero attached hydrogens (tertiary/aromatic N) is 6. The fraction of sp³-hybridized carbons (Fsp3) is 0.545. The fourth-order valence-corrected chi connectivity index (χ4v) is 11.1. The number of nitrogens with one attached hydrogen (secondary N) is 2. The van der Waals surface area contributed by atoms with Crippen LogP contribution < -0.4 is 10.9 Å². The second kappa shape index (κ2) is 22.5. The number of rotatable bonds is 12. The smallest absolute Gasteiger partial charge is 0.410 e. The summed E-state index contributed by atoms with van der Waals surface area (Å²) in [4.78, 5) is 88.9. The number of aromatic nitrogens is 2. The maximum absolute atomic E-state index is 15.3. The van der Waals surface area contributed by atoms with Crippen molar-refractivity contribution in [3.8, 4) is 0 Å². The van der Waals surface area contributed by atoms with Gasteiger partial charge in [-0.3, -0.25) is 28.9 Å². The van der Waals surface area contributed by atoms with Gasteiger partial charge in [-0.2, -0.15) is 5.10 Å². The topological polar surface area (TPSA) is 178 Å². The van der Waals surface area contributed by atoms with Crippen LogP contribution in [0.25, 0.3) is 10.8 Å². The number of H-pyrrole nitrogens is 1. The molecule has 0 radical (unpaired) electrons. The molecule has 2 N–H and O–H groups in total. The summed E-state index contributed by atoms with van der Waals surface area (Å²) in [7, 11) is 0. The Kier molecular flexibility index (Phi) is 15.9. The number of carbonyl (C=O) groups excluding carboxylic acids is 5. The van der Waals surface area contributed by atoms with Crippen LogP contribution in [0.5, 0.6) is 0 Å². The summed E-state index contributed by atoms with van der Waals surface area (Å²) in [5.74, 6) is -2.60. The Bertz CT molecular complexity index is 2730. The van der Waals surface area contributed by atoms with Gasteiger partial charge in [-0.25, -0.2) is 18.7 Å². The second-order valence-electron chi connectivity index (χ2n) is 21.5. The van der Waals surface area contributed by atoms with Crippen LogP contribution in [0, 0.1) is 17.6 Å². The third kappa shape index (κ3) is 12.4. The van der Waals surface area contributed by atoms with E-state index in [2.05, 4.69) is 20.4 Å². The SMILES string of the molecule is CC(C)(C)OC(=O)N1CC(c2ccc(F)c(C(=O)N[C@@H](C(=O)N3CCC(OC4CCN(CC(=O)N5CCN(C(=O)c6cc(Cc7n[nH]c(=O)c8ccccc78)ccc6F)CC5)CC4)CC3)C3CCCCC3)c2)C1. The molecule has 5 aliphatic rings. The molecule has 0 bridgehead atoms. The van der Waals surface area contributed by atoms with Crippen molar-refractivity contribution < 1.29 is 42.2 Å². The van der Waals surface area contributed by atoms with E-state index >= 15 is 8.78 Å². The van der Waals surface area contributed by atoms with Crippen LogP contribution in [-0.2, 0) is 25.5 Å². The highest BCUT2D eigenvalue weighted by atomic mass is 19.1. The van der Waals surface area contributed by atoms with E-state index in [1.165, 1.54) is 12.1 Å². The molecule has 4 saturated heterocycles. The van der Waals surface area contributed by atoms with Crippen molar-refractivity contribution in [1.29, 1.82) is 0 Å². The van der Waals surface area contributed by atoms with Gasteiger partial charge >= 0.3 is 6.09 Å². The van der Waals surface area contributed by atoms with E-state index in [4.69, 9.17) is 9.47 Å². The zero-order valence-electron chi connectivity index (χ0n) is 42.2. The quantitative estimate of drug-likeness (QED) is 0.165. The third-order valence-electron chi connectivity index (χ3n) is 15.3. The van der Waals surface area contributed by atoms with Gasteiger partial charge in [0.05, 0.1) is 41.0 Å². The molecule has 5 heterocycles. The average molecular weight is 1010 g/mol. The van der Waals surface area contributed by atoms with Crippen LogP contribution in [0.1, 0.15) is 122 Å². The van der Waals surface area contributed by atoms with Crippen LogP contribution in [-0.4, -0.2) is 160 Å². The van der Waals surface area contributed by atoms with E-state index in [0.29, 0.717) is 93.7 Å².